The molecule has 2 aromatic rings. The maximum Gasteiger partial charge on any atom is 0.338 e. The SMILES string of the molecule is C=C(C)COC(c1ccc(-c2ccc(OC(=O)C(=C)C)cc2)cc1)C(C)(C)O. The van der Waals surface area contributed by atoms with Gasteiger partial charge in [-0.1, -0.05) is 55.1 Å². The summed E-state index contributed by atoms with van der Waals surface area (Å²) in [5, 5.41) is 10.5. The average Bonchev–Trinajstić information content (AvgIpc) is 2.61. The number of ether oxygens (including phenoxy) is 2. The summed E-state index contributed by atoms with van der Waals surface area (Å²) < 4.78 is 11.1. The smallest absolute Gasteiger partial charge is 0.338 e. The van der Waals surface area contributed by atoms with Crippen LogP contribution in [0.3, 0.4) is 0 Å². The molecule has 1 N–H and O–H groups in total. The molecule has 0 aliphatic rings. The third-order valence-electron chi connectivity index (χ3n) is 4.10. The second kappa shape index (κ2) is 9.00. The number of benzene rings is 2. The van der Waals surface area contributed by atoms with E-state index >= 15 is 0 Å². The fourth-order valence-electron chi connectivity index (χ4n) is 2.69. The first-order chi connectivity index (χ1) is 13.1. The molecule has 0 saturated heterocycles. The summed E-state index contributed by atoms with van der Waals surface area (Å²) in [7, 11) is 0. The highest BCUT2D eigenvalue weighted by atomic mass is 16.5. The van der Waals surface area contributed by atoms with Gasteiger partial charge in [0.05, 0.1) is 12.2 Å². The molecule has 4 heteroatoms. The van der Waals surface area contributed by atoms with Crippen molar-refractivity contribution in [3.05, 3.63) is 78.4 Å². The van der Waals surface area contributed by atoms with Crippen LogP contribution in [0.5, 0.6) is 5.75 Å². The molecule has 1 unspecified atom stereocenters. The number of rotatable bonds is 8. The molecule has 1 atom stereocenters. The third kappa shape index (κ3) is 5.91. The summed E-state index contributed by atoms with van der Waals surface area (Å²) >= 11 is 0. The Bertz CT molecular complexity index is 840. The van der Waals surface area contributed by atoms with Gasteiger partial charge in [0, 0.05) is 5.57 Å². The Labute approximate surface area is 167 Å². The van der Waals surface area contributed by atoms with Gasteiger partial charge in [0.1, 0.15) is 11.9 Å². The zero-order chi connectivity index (χ0) is 20.9. The Morgan fingerprint density at radius 2 is 1.50 bits per heavy atom. The van der Waals surface area contributed by atoms with Gasteiger partial charge in [-0.3, -0.25) is 0 Å². The molecule has 148 valence electrons. The molecule has 0 bridgehead atoms. The zero-order valence-corrected chi connectivity index (χ0v) is 17.0. The van der Waals surface area contributed by atoms with E-state index in [-0.39, 0.29) is 0 Å². The molecule has 0 radical (unpaired) electrons. The Kier molecular flexibility index (Phi) is 6.95. The van der Waals surface area contributed by atoms with E-state index in [0.717, 1.165) is 22.3 Å². The third-order valence-corrected chi connectivity index (χ3v) is 4.10. The van der Waals surface area contributed by atoms with Crippen LogP contribution in [0.25, 0.3) is 11.1 Å². The van der Waals surface area contributed by atoms with Crippen molar-refractivity contribution in [2.24, 2.45) is 0 Å². The number of hydrogen-bond acceptors (Lipinski definition) is 4. The number of esters is 1. The van der Waals surface area contributed by atoms with Gasteiger partial charge in [-0.25, -0.2) is 4.79 Å². The van der Waals surface area contributed by atoms with Crippen LogP contribution in [0.1, 0.15) is 39.4 Å². The molecule has 4 nitrogen and oxygen atoms in total. The van der Waals surface area contributed by atoms with Gasteiger partial charge in [-0.15, -0.1) is 0 Å². The van der Waals surface area contributed by atoms with E-state index in [4.69, 9.17) is 9.47 Å². The van der Waals surface area contributed by atoms with Crippen LogP contribution >= 0.6 is 0 Å². The van der Waals surface area contributed by atoms with Crippen molar-refractivity contribution in [1.29, 1.82) is 0 Å². The van der Waals surface area contributed by atoms with Gasteiger partial charge >= 0.3 is 5.97 Å². The predicted octanol–water partition coefficient (Wildman–Crippen LogP) is 5.24. The second-order valence-electron chi connectivity index (χ2n) is 7.62. The van der Waals surface area contributed by atoms with Crippen molar-refractivity contribution < 1.29 is 19.4 Å². The molecule has 0 aliphatic carbocycles. The van der Waals surface area contributed by atoms with Gasteiger partial charge in [0.25, 0.3) is 0 Å². The lowest BCUT2D eigenvalue weighted by atomic mass is 9.93. The minimum atomic E-state index is -1.02. The van der Waals surface area contributed by atoms with Crippen molar-refractivity contribution in [3.8, 4) is 16.9 Å². The van der Waals surface area contributed by atoms with E-state index < -0.39 is 17.7 Å². The maximum atomic E-state index is 11.6. The summed E-state index contributed by atoms with van der Waals surface area (Å²) in [6.45, 7) is 14.8. The maximum absolute atomic E-state index is 11.6. The topological polar surface area (TPSA) is 55.8 Å². The average molecular weight is 380 g/mol. The standard InChI is InChI=1S/C24H28O4/c1-16(2)15-27-22(24(5,6)26)20-9-7-18(8-10-20)19-11-13-21(14-12-19)28-23(25)17(3)4/h7-14,22,26H,1,3,15H2,2,4-6H3. The molecule has 0 saturated carbocycles. The Balaban J connectivity index is 2.17. The second-order valence-corrected chi connectivity index (χ2v) is 7.62. The van der Waals surface area contributed by atoms with Crippen LogP contribution in [-0.2, 0) is 9.53 Å². The molecular formula is C24H28O4. The molecule has 0 fully saturated rings. The highest BCUT2D eigenvalue weighted by Gasteiger charge is 2.29. The van der Waals surface area contributed by atoms with Gasteiger partial charge in [0.15, 0.2) is 0 Å². The van der Waals surface area contributed by atoms with Crippen LogP contribution in [0.4, 0.5) is 0 Å². The van der Waals surface area contributed by atoms with Gasteiger partial charge in [-0.05, 0) is 56.5 Å². The van der Waals surface area contributed by atoms with E-state index in [9.17, 15) is 9.90 Å². The molecule has 0 aliphatic heterocycles. The highest BCUT2D eigenvalue weighted by molar-refractivity contribution is 5.88. The normalized spacial score (nSPS) is 12.3. The van der Waals surface area contributed by atoms with Crippen LogP contribution in [0.2, 0.25) is 0 Å². The lowest BCUT2D eigenvalue weighted by Gasteiger charge is -2.30. The lowest BCUT2D eigenvalue weighted by molar-refractivity contribution is -0.130. The molecule has 0 heterocycles. The van der Waals surface area contributed by atoms with E-state index in [1.165, 1.54) is 0 Å². The molecule has 28 heavy (non-hydrogen) atoms. The van der Waals surface area contributed by atoms with Crippen molar-refractivity contribution in [3.63, 3.8) is 0 Å². The van der Waals surface area contributed by atoms with Crippen LogP contribution in [0.15, 0.2) is 72.8 Å². The minimum Gasteiger partial charge on any atom is -0.423 e. The first kappa shape index (κ1) is 21.6. The molecule has 2 aromatic carbocycles. The van der Waals surface area contributed by atoms with Crippen molar-refractivity contribution >= 4 is 5.97 Å². The summed E-state index contributed by atoms with van der Waals surface area (Å²) in [6.07, 6.45) is -0.456. The van der Waals surface area contributed by atoms with Gasteiger partial charge in [0.2, 0.25) is 0 Å². The van der Waals surface area contributed by atoms with Gasteiger partial charge in [-0.2, -0.15) is 0 Å². The predicted molar refractivity (Wildman–Crippen MR) is 112 cm³/mol. The summed E-state index contributed by atoms with van der Waals surface area (Å²) in [4.78, 5) is 11.6. The van der Waals surface area contributed by atoms with Crippen molar-refractivity contribution in [1.82, 2.24) is 0 Å². The summed E-state index contributed by atoms with van der Waals surface area (Å²) in [5.74, 6) is 0.0354. The van der Waals surface area contributed by atoms with Crippen LogP contribution in [-0.4, -0.2) is 23.3 Å². The number of carbonyl (C=O) groups is 1. The van der Waals surface area contributed by atoms with Gasteiger partial charge < -0.3 is 14.6 Å². The molecular weight excluding hydrogens is 352 g/mol. The monoisotopic (exact) mass is 380 g/mol. The summed E-state index contributed by atoms with van der Waals surface area (Å²) in [5.41, 5.74) is 3.13. The molecule has 2 rings (SSSR count). The van der Waals surface area contributed by atoms with Crippen molar-refractivity contribution in [2.45, 2.75) is 39.4 Å². The fourth-order valence-corrected chi connectivity index (χ4v) is 2.69. The highest BCUT2D eigenvalue weighted by Crippen LogP contribution is 2.31. The van der Waals surface area contributed by atoms with E-state index in [1.54, 1.807) is 32.9 Å². The van der Waals surface area contributed by atoms with E-state index in [0.29, 0.717) is 17.9 Å². The fraction of sp³-hybridized carbons (Fsp3) is 0.292. The number of aliphatic hydroxyl groups is 1. The van der Waals surface area contributed by atoms with Crippen LogP contribution in [0, 0.1) is 0 Å². The first-order valence-corrected chi connectivity index (χ1v) is 9.14. The number of hydrogen-bond donors (Lipinski definition) is 1. The largest absolute Gasteiger partial charge is 0.423 e. The first-order valence-electron chi connectivity index (χ1n) is 9.14. The lowest BCUT2D eigenvalue weighted by Crippen LogP contribution is -2.31. The quantitative estimate of drug-likeness (QED) is 0.294. The van der Waals surface area contributed by atoms with E-state index in [2.05, 4.69) is 13.2 Å². The zero-order valence-electron chi connectivity index (χ0n) is 17.0. The molecule has 0 amide bonds. The Morgan fingerprint density at radius 3 is 1.93 bits per heavy atom. The molecule has 0 spiro atoms. The minimum absolute atomic E-state index is 0.356. The molecule has 0 aromatic heterocycles. The summed E-state index contributed by atoms with van der Waals surface area (Å²) in [6, 6.07) is 15.1. The van der Waals surface area contributed by atoms with Crippen molar-refractivity contribution in [2.75, 3.05) is 6.61 Å². The van der Waals surface area contributed by atoms with E-state index in [1.807, 2.05) is 43.3 Å². The van der Waals surface area contributed by atoms with Crippen LogP contribution < -0.4 is 4.74 Å². The Hall–Kier alpha value is -2.69. The number of carbonyl (C=O) groups excluding carboxylic acids is 1. The Morgan fingerprint density at radius 1 is 1.00 bits per heavy atom.